The van der Waals surface area contributed by atoms with E-state index in [9.17, 15) is 30.6 Å². The molecule has 2 aliphatic heterocycles. The van der Waals surface area contributed by atoms with E-state index in [1.54, 1.807) is 0 Å². The average Bonchev–Trinajstić information content (AvgIpc) is 2.60. The molecule has 7 N–H and O–H groups in total. The summed E-state index contributed by atoms with van der Waals surface area (Å²) in [4.78, 5) is 0. The van der Waals surface area contributed by atoms with Gasteiger partial charge in [0.25, 0.3) is 0 Å². The van der Waals surface area contributed by atoms with Crippen molar-refractivity contribution in [2.75, 3.05) is 13.2 Å². The van der Waals surface area contributed by atoms with Crippen molar-refractivity contribution in [2.45, 2.75) is 81.5 Å². The van der Waals surface area contributed by atoms with Crippen molar-refractivity contribution in [3.05, 3.63) is 0 Å². The zero-order valence-electron chi connectivity index (χ0n) is 14.8. The Labute approximate surface area is 151 Å². The molecule has 10 unspecified atom stereocenters. The molecule has 0 aromatic rings. The summed E-state index contributed by atoms with van der Waals surface area (Å²) in [5, 5.41) is 68.8. The van der Waals surface area contributed by atoms with Crippen LogP contribution in [0, 0.1) is 5.92 Å². The number of hydrogen-bond acceptors (Lipinski definition) is 10. The van der Waals surface area contributed by atoms with Gasteiger partial charge in [0.2, 0.25) is 0 Å². The van der Waals surface area contributed by atoms with Crippen molar-refractivity contribution >= 4 is 0 Å². The minimum absolute atomic E-state index is 0.184. The zero-order valence-corrected chi connectivity index (χ0v) is 14.8. The van der Waals surface area contributed by atoms with Crippen LogP contribution in [0.3, 0.4) is 0 Å². The minimum atomic E-state index is -1.58. The molecular formula is C16H30O10. The first-order valence-electron chi connectivity index (χ1n) is 8.79. The maximum atomic E-state index is 10.1. The lowest BCUT2D eigenvalue weighted by Gasteiger charge is -2.43. The molecule has 2 rings (SSSR count). The summed E-state index contributed by atoms with van der Waals surface area (Å²) in [6.07, 6.45) is -12.4. The maximum absolute atomic E-state index is 10.1. The topological polar surface area (TPSA) is 169 Å². The third-order valence-electron chi connectivity index (χ3n) is 4.79. The van der Waals surface area contributed by atoms with Gasteiger partial charge in [-0.05, 0) is 12.3 Å². The van der Waals surface area contributed by atoms with Crippen LogP contribution in [0.15, 0.2) is 0 Å². The van der Waals surface area contributed by atoms with Crippen molar-refractivity contribution in [2.24, 2.45) is 5.92 Å². The van der Waals surface area contributed by atoms with Crippen LogP contribution in [0.4, 0.5) is 0 Å². The molecular weight excluding hydrogens is 352 g/mol. The molecule has 0 bridgehead atoms. The molecule has 26 heavy (non-hydrogen) atoms. The first kappa shape index (κ1) is 21.9. The molecule has 0 aromatic carbocycles. The van der Waals surface area contributed by atoms with Gasteiger partial charge in [0.15, 0.2) is 6.29 Å². The lowest BCUT2D eigenvalue weighted by molar-refractivity contribution is -0.314. The van der Waals surface area contributed by atoms with Crippen LogP contribution in [-0.4, -0.2) is 110 Å². The fourth-order valence-corrected chi connectivity index (χ4v) is 3.22. The molecule has 2 aliphatic rings. The van der Waals surface area contributed by atoms with Crippen molar-refractivity contribution < 1.29 is 50.0 Å². The van der Waals surface area contributed by atoms with Gasteiger partial charge in [0.1, 0.15) is 48.8 Å². The van der Waals surface area contributed by atoms with Gasteiger partial charge in [-0.15, -0.1) is 0 Å². The standard InChI is InChI=1S/C16H30O10/c1-6(2)3-7-10(18)13(21)12(20)9(25-7)5-24-16-15(23)14(22)11(19)8(4-17)26-16/h6-23H,3-5H2,1-2H3. The van der Waals surface area contributed by atoms with Crippen molar-refractivity contribution in [3.63, 3.8) is 0 Å². The Hall–Kier alpha value is -0.400. The largest absolute Gasteiger partial charge is 0.394 e. The highest BCUT2D eigenvalue weighted by Crippen LogP contribution is 2.27. The summed E-state index contributed by atoms with van der Waals surface area (Å²) in [5.74, 6) is 0.184. The van der Waals surface area contributed by atoms with Crippen LogP contribution in [-0.2, 0) is 14.2 Å². The van der Waals surface area contributed by atoms with Gasteiger partial charge in [-0.3, -0.25) is 0 Å². The van der Waals surface area contributed by atoms with Crippen molar-refractivity contribution in [3.8, 4) is 0 Å². The highest BCUT2D eigenvalue weighted by Gasteiger charge is 2.47. The van der Waals surface area contributed by atoms with Gasteiger partial charge in [-0.2, -0.15) is 0 Å². The summed E-state index contributed by atoms with van der Waals surface area (Å²) in [6.45, 7) is 2.96. The van der Waals surface area contributed by atoms with E-state index in [2.05, 4.69) is 0 Å². The van der Waals surface area contributed by atoms with E-state index in [0.717, 1.165) is 0 Å². The Balaban J connectivity index is 1.98. The van der Waals surface area contributed by atoms with Crippen LogP contribution >= 0.6 is 0 Å². The van der Waals surface area contributed by atoms with E-state index >= 15 is 0 Å². The first-order valence-corrected chi connectivity index (χ1v) is 8.79. The SMILES string of the molecule is CC(C)CC1OC(COC2OC(CO)C(O)C(O)C2O)C(O)C(O)C1O. The highest BCUT2D eigenvalue weighted by atomic mass is 16.7. The molecule has 10 atom stereocenters. The van der Waals surface area contributed by atoms with Crippen molar-refractivity contribution in [1.82, 2.24) is 0 Å². The second-order valence-corrected chi connectivity index (χ2v) is 7.34. The fraction of sp³-hybridized carbons (Fsp3) is 1.00. The monoisotopic (exact) mass is 382 g/mol. The molecule has 2 fully saturated rings. The van der Waals surface area contributed by atoms with Crippen molar-refractivity contribution in [1.29, 1.82) is 0 Å². The average molecular weight is 382 g/mol. The lowest BCUT2D eigenvalue weighted by Crippen LogP contribution is -2.61. The summed E-state index contributed by atoms with van der Waals surface area (Å²) < 4.78 is 16.2. The van der Waals surface area contributed by atoms with Gasteiger partial charge < -0.3 is 50.0 Å². The number of ether oxygens (including phenoxy) is 3. The van der Waals surface area contributed by atoms with Crippen LogP contribution < -0.4 is 0 Å². The Kier molecular flexibility index (Phi) is 7.74. The molecule has 10 heteroatoms. The molecule has 0 aliphatic carbocycles. The molecule has 154 valence electrons. The lowest BCUT2D eigenvalue weighted by atomic mass is 9.90. The minimum Gasteiger partial charge on any atom is -0.394 e. The molecule has 10 nitrogen and oxygen atoms in total. The Morgan fingerprint density at radius 2 is 1.27 bits per heavy atom. The zero-order chi connectivity index (χ0) is 19.6. The smallest absolute Gasteiger partial charge is 0.186 e. The third kappa shape index (κ3) is 4.71. The van der Waals surface area contributed by atoms with Crippen LogP contribution in [0.25, 0.3) is 0 Å². The summed E-state index contributed by atoms with van der Waals surface area (Å²) >= 11 is 0. The molecule has 0 aromatic heterocycles. The number of aliphatic hydroxyl groups is 7. The van der Waals surface area contributed by atoms with Gasteiger partial charge in [-0.1, -0.05) is 13.8 Å². The predicted molar refractivity (Wildman–Crippen MR) is 85.9 cm³/mol. The van der Waals surface area contributed by atoms with Gasteiger partial charge >= 0.3 is 0 Å². The van der Waals surface area contributed by atoms with E-state index in [1.165, 1.54) is 0 Å². The van der Waals surface area contributed by atoms with E-state index < -0.39 is 67.8 Å². The molecule has 0 saturated carbocycles. The summed E-state index contributed by atoms with van der Waals surface area (Å²) in [6, 6.07) is 0. The fourth-order valence-electron chi connectivity index (χ4n) is 3.22. The molecule has 2 saturated heterocycles. The van der Waals surface area contributed by atoms with Gasteiger partial charge in [0.05, 0.1) is 19.3 Å². The molecule has 0 amide bonds. The normalized spacial score (nSPS) is 47.3. The molecule has 0 radical (unpaired) electrons. The number of rotatable bonds is 6. The summed E-state index contributed by atoms with van der Waals surface area (Å²) in [7, 11) is 0. The van der Waals surface area contributed by atoms with E-state index in [1.807, 2.05) is 13.8 Å². The Morgan fingerprint density at radius 1 is 0.731 bits per heavy atom. The highest BCUT2D eigenvalue weighted by molar-refractivity contribution is 4.93. The van der Waals surface area contributed by atoms with E-state index in [0.29, 0.717) is 6.42 Å². The Bertz CT molecular complexity index is 433. The van der Waals surface area contributed by atoms with Crippen LogP contribution in [0.1, 0.15) is 20.3 Å². The number of hydrogen-bond donors (Lipinski definition) is 7. The quantitative estimate of drug-likeness (QED) is 0.247. The first-order chi connectivity index (χ1) is 12.2. The van der Waals surface area contributed by atoms with Crippen LogP contribution in [0.5, 0.6) is 0 Å². The van der Waals surface area contributed by atoms with Gasteiger partial charge in [-0.25, -0.2) is 0 Å². The molecule has 2 heterocycles. The molecule has 0 spiro atoms. The maximum Gasteiger partial charge on any atom is 0.186 e. The Morgan fingerprint density at radius 3 is 1.85 bits per heavy atom. The van der Waals surface area contributed by atoms with Crippen LogP contribution in [0.2, 0.25) is 0 Å². The summed E-state index contributed by atoms with van der Waals surface area (Å²) in [5.41, 5.74) is 0. The third-order valence-corrected chi connectivity index (χ3v) is 4.79. The second-order valence-electron chi connectivity index (χ2n) is 7.34. The number of aliphatic hydroxyl groups excluding tert-OH is 7. The van der Waals surface area contributed by atoms with Gasteiger partial charge in [0, 0.05) is 0 Å². The van der Waals surface area contributed by atoms with E-state index in [-0.39, 0.29) is 12.5 Å². The predicted octanol–water partition coefficient (Wildman–Crippen LogP) is -3.30. The van der Waals surface area contributed by atoms with E-state index in [4.69, 9.17) is 19.3 Å². The second kappa shape index (κ2) is 9.20.